The minimum absolute atomic E-state index is 0.0819. The molecule has 0 saturated carbocycles. The number of nitrogens with one attached hydrogen (secondary N) is 2. The number of aliphatic carboxylic acids is 1. The smallest absolute Gasteiger partial charge is 0.357 e. The van der Waals surface area contributed by atoms with Gasteiger partial charge in [-0.2, -0.15) is 9.78 Å². The van der Waals surface area contributed by atoms with Crippen molar-refractivity contribution in [3.8, 4) is 0 Å². The molecule has 4 N–H and O–H groups in total. The van der Waals surface area contributed by atoms with E-state index in [0.29, 0.717) is 36.7 Å². The number of nitrogens with zero attached hydrogens (tertiary/aromatic N) is 3. The fraction of sp³-hybridized carbons (Fsp3) is 0.429. The predicted octanol–water partition coefficient (Wildman–Crippen LogP) is 0.900. The van der Waals surface area contributed by atoms with Crippen LogP contribution in [0.25, 0.3) is 10.9 Å². The van der Waals surface area contributed by atoms with Crippen LogP contribution in [0.2, 0.25) is 0 Å². The lowest BCUT2D eigenvalue weighted by Crippen LogP contribution is -2.48. The van der Waals surface area contributed by atoms with E-state index < -0.39 is 35.8 Å². The third-order valence-corrected chi connectivity index (χ3v) is 4.82. The number of para-hydroxylation sites is 1. The molecule has 12 nitrogen and oxygen atoms in total. The molecule has 33 heavy (non-hydrogen) atoms. The second kappa shape index (κ2) is 11.6. The van der Waals surface area contributed by atoms with Gasteiger partial charge in [-0.25, -0.2) is 9.59 Å². The highest BCUT2D eigenvalue weighted by molar-refractivity contribution is 6.04. The summed E-state index contributed by atoms with van der Waals surface area (Å²) in [6.45, 7) is 1.48. The number of hydrogen-bond acceptors (Lipinski definition) is 6. The Kier molecular flexibility index (Phi) is 8.89. The van der Waals surface area contributed by atoms with E-state index >= 15 is 0 Å². The van der Waals surface area contributed by atoms with Crippen LogP contribution in [0.15, 0.2) is 24.3 Å². The van der Waals surface area contributed by atoms with Crippen LogP contribution in [0.4, 0.5) is 4.79 Å². The number of carboxylic acids is 2. The molecule has 2 rings (SSSR count). The molecule has 178 valence electrons. The topological polar surface area (TPSA) is 171 Å². The number of rotatable bonds is 11. The molecule has 0 aliphatic rings. The summed E-state index contributed by atoms with van der Waals surface area (Å²) in [6, 6.07) is 4.81. The number of amides is 3. The van der Waals surface area contributed by atoms with E-state index in [-0.39, 0.29) is 18.7 Å². The lowest BCUT2D eigenvalue weighted by atomic mass is 10.2. The van der Waals surface area contributed by atoms with E-state index in [1.165, 1.54) is 20.0 Å². The predicted molar refractivity (Wildman–Crippen MR) is 117 cm³/mol. The zero-order chi connectivity index (χ0) is 24.5. The number of likely N-dealkylation sites (N-methyl/N-ethyl adjacent to an activating group) is 1. The summed E-state index contributed by atoms with van der Waals surface area (Å²) in [4.78, 5) is 60.1. The van der Waals surface area contributed by atoms with E-state index in [0.717, 1.165) is 9.58 Å². The normalized spacial score (nSPS) is 11.6. The number of carbonyl (C=O) groups is 5. The Hall–Kier alpha value is -3.96. The van der Waals surface area contributed by atoms with Gasteiger partial charge in [-0.3, -0.25) is 14.4 Å². The van der Waals surface area contributed by atoms with Gasteiger partial charge in [-0.15, -0.1) is 0 Å². The van der Waals surface area contributed by atoms with Crippen LogP contribution in [0, 0.1) is 0 Å². The van der Waals surface area contributed by atoms with Crippen LogP contribution in [0.1, 0.15) is 43.1 Å². The monoisotopic (exact) mass is 461 g/mol. The second-order valence-electron chi connectivity index (χ2n) is 7.51. The van der Waals surface area contributed by atoms with Crippen LogP contribution in [-0.2, 0) is 14.4 Å². The van der Waals surface area contributed by atoms with Crippen LogP contribution >= 0.6 is 0 Å². The van der Waals surface area contributed by atoms with Gasteiger partial charge in [0.2, 0.25) is 11.8 Å². The van der Waals surface area contributed by atoms with E-state index in [4.69, 9.17) is 5.11 Å². The molecular weight excluding hydrogens is 434 g/mol. The fourth-order valence-corrected chi connectivity index (χ4v) is 3.11. The van der Waals surface area contributed by atoms with Crippen LogP contribution in [-0.4, -0.2) is 80.9 Å². The van der Waals surface area contributed by atoms with Crippen molar-refractivity contribution in [2.24, 2.45) is 0 Å². The first-order valence-corrected chi connectivity index (χ1v) is 10.4. The van der Waals surface area contributed by atoms with Gasteiger partial charge in [0.1, 0.15) is 12.6 Å². The van der Waals surface area contributed by atoms with Crippen molar-refractivity contribution in [2.75, 3.05) is 20.1 Å². The van der Waals surface area contributed by atoms with Crippen molar-refractivity contribution in [2.45, 2.75) is 38.6 Å². The summed E-state index contributed by atoms with van der Waals surface area (Å²) in [7, 11) is 1.36. The number of aromatic carboxylic acids is 1. The van der Waals surface area contributed by atoms with Gasteiger partial charge in [-0.1, -0.05) is 24.6 Å². The maximum absolute atomic E-state index is 12.8. The first-order chi connectivity index (χ1) is 15.6. The standard InChI is InChI=1S/C21H27N5O7/c1-13(19(30)22-11-7-3-4-10-17(28)29)23-16(27)12-25(2)21(33)26-15-9-6-5-8-14(15)18(24-26)20(31)32/h5-6,8-9,13H,3-4,7,10-12H2,1-2H3,(H,22,30)(H,23,27)(H,28,29)(H,31,32)/t13-/m0/s1. The molecule has 0 radical (unpaired) electrons. The molecule has 1 aromatic carbocycles. The number of aromatic nitrogens is 2. The number of benzene rings is 1. The third-order valence-electron chi connectivity index (χ3n) is 4.82. The van der Waals surface area contributed by atoms with Crippen molar-refractivity contribution in [1.29, 1.82) is 0 Å². The molecule has 0 aliphatic heterocycles. The molecule has 0 fully saturated rings. The zero-order valence-corrected chi connectivity index (χ0v) is 18.4. The highest BCUT2D eigenvalue weighted by Gasteiger charge is 2.23. The first kappa shape index (κ1) is 25.3. The van der Waals surface area contributed by atoms with Gasteiger partial charge < -0.3 is 25.7 Å². The Balaban J connectivity index is 1.87. The maximum Gasteiger partial charge on any atom is 0.357 e. The number of carbonyl (C=O) groups excluding carboxylic acids is 3. The van der Waals surface area contributed by atoms with E-state index in [2.05, 4.69) is 15.7 Å². The molecule has 0 bridgehead atoms. The lowest BCUT2D eigenvalue weighted by Gasteiger charge is -2.19. The van der Waals surface area contributed by atoms with Crippen LogP contribution in [0.5, 0.6) is 0 Å². The molecule has 1 aromatic heterocycles. The summed E-state index contributed by atoms with van der Waals surface area (Å²) < 4.78 is 0.923. The van der Waals surface area contributed by atoms with E-state index in [9.17, 15) is 29.1 Å². The Bertz CT molecular complexity index is 1050. The Morgan fingerprint density at radius 3 is 2.45 bits per heavy atom. The average molecular weight is 461 g/mol. The van der Waals surface area contributed by atoms with Crippen molar-refractivity contribution in [3.05, 3.63) is 30.0 Å². The van der Waals surface area contributed by atoms with Gasteiger partial charge in [0, 0.05) is 25.4 Å². The molecule has 0 aliphatic carbocycles. The number of unbranched alkanes of at least 4 members (excludes halogenated alkanes) is 2. The minimum atomic E-state index is -1.28. The number of carboxylic acid groups (broad SMARTS) is 2. The Morgan fingerprint density at radius 1 is 1.09 bits per heavy atom. The largest absolute Gasteiger partial charge is 0.481 e. The van der Waals surface area contributed by atoms with Gasteiger partial charge in [-0.05, 0) is 25.8 Å². The summed E-state index contributed by atoms with van der Waals surface area (Å²) in [5.41, 5.74) is 0.0216. The summed E-state index contributed by atoms with van der Waals surface area (Å²) in [6.07, 6.45) is 1.88. The lowest BCUT2D eigenvalue weighted by molar-refractivity contribution is -0.137. The molecule has 3 amide bonds. The average Bonchev–Trinajstić information content (AvgIpc) is 3.15. The Morgan fingerprint density at radius 2 is 1.79 bits per heavy atom. The quantitative estimate of drug-likeness (QED) is 0.357. The van der Waals surface area contributed by atoms with Crippen molar-refractivity contribution in [1.82, 2.24) is 25.3 Å². The zero-order valence-electron chi connectivity index (χ0n) is 18.4. The molecule has 0 spiro atoms. The van der Waals surface area contributed by atoms with Crippen molar-refractivity contribution >= 4 is 40.7 Å². The van der Waals surface area contributed by atoms with Crippen LogP contribution in [0.3, 0.4) is 0 Å². The van der Waals surface area contributed by atoms with Crippen molar-refractivity contribution in [3.63, 3.8) is 0 Å². The molecule has 12 heteroatoms. The number of hydrogen-bond donors (Lipinski definition) is 4. The highest BCUT2D eigenvalue weighted by Crippen LogP contribution is 2.18. The van der Waals surface area contributed by atoms with Gasteiger partial charge in [0.15, 0.2) is 5.69 Å². The second-order valence-corrected chi connectivity index (χ2v) is 7.51. The highest BCUT2D eigenvalue weighted by atomic mass is 16.4. The molecule has 1 heterocycles. The molecule has 1 atom stereocenters. The summed E-state index contributed by atoms with van der Waals surface area (Å²) >= 11 is 0. The van der Waals surface area contributed by atoms with Gasteiger partial charge in [0.25, 0.3) is 0 Å². The molecular formula is C21H27N5O7. The maximum atomic E-state index is 12.8. The Labute approximate surface area is 189 Å². The summed E-state index contributed by atoms with van der Waals surface area (Å²) in [5.74, 6) is -3.12. The van der Waals surface area contributed by atoms with E-state index in [1.54, 1.807) is 18.2 Å². The third kappa shape index (κ3) is 7.02. The SMILES string of the molecule is C[C@H](NC(=O)CN(C)C(=O)n1nc(C(=O)O)c2ccccc21)C(=O)NCCCCCC(=O)O. The van der Waals surface area contributed by atoms with Crippen LogP contribution < -0.4 is 10.6 Å². The summed E-state index contributed by atoms with van der Waals surface area (Å²) in [5, 5.41) is 27.2. The van der Waals surface area contributed by atoms with Crippen molar-refractivity contribution < 1.29 is 34.2 Å². The minimum Gasteiger partial charge on any atom is -0.481 e. The first-order valence-electron chi connectivity index (χ1n) is 10.4. The molecule has 2 aromatic rings. The molecule has 0 unspecified atom stereocenters. The van der Waals surface area contributed by atoms with Gasteiger partial charge in [0.05, 0.1) is 5.52 Å². The molecule has 0 saturated heterocycles. The van der Waals surface area contributed by atoms with E-state index in [1.807, 2.05) is 0 Å². The number of fused-ring (bicyclic) bond motifs is 1. The fourth-order valence-electron chi connectivity index (χ4n) is 3.11. The van der Waals surface area contributed by atoms with Gasteiger partial charge >= 0.3 is 18.0 Å².